The van der Waals surface area contributed by atoms with E-state index in [1.54, 1.807) is 54.6 Å². The van der Waals surface area contributed by atoms with E-state index in [0.29, 0.717) is 44.2 Å². The van der Waals surface area contributed by atoms with Crippen LogP contribution in [0.4, 0.5) is 5.69 Å². The van der Waals surface area contributed by atoms with E-state index in [2.05, 4.69) is 26.2 Å². The van der Waals surface area contributed by atoms with Gasteiger partial charge in [0.2, 0.25) is 11.8 Å². The van der Waals surface area contributed by atoms with Crippen LogP contribution < -0.4 is 5.32 Å². The lowest BCUT2D eigenvalue weighted by Gasteiger charge is -2.01. The Balaban J connectivity index is 1.29. The second kappa shape index (κ2) is 9.50. The highest BCUT2D eigenvalue weighted by molar-refractivity contribution is 9.10. The Bertz CT molecular complexity index is 1560. The molecule has 0 aliphatic carbocycles. The van der Waals surface area contributed by atoms with Crippen molar-refractivity contribution in [1.82, 2.24) is 4.98 Å². The molecule has 34 heavy (non-hydrogen) atoms. The van der Waals surface area contributed by atoms with E-state index >= 15 is 0 Å². The zero-order chi connectivity index (χ0) is 23.7. The van der Waals surface area contributed by atoms with Crippen molar-refractivity contribution in [3.8, 4) is 22.8 Å². The molecule has 0 aliphatic rings. The van der Waals surface area contributed by atoms with Crippen molar-refractivity contribution in [2.75, 3.05) is 5.32 Å². The fourth-order valence-corrected chi connectivity index (χ4v) is 4.27. The number of anilines is 1. The number of rotatable bonds is 5. The number of hydrogen-bond donors (Lipinski definition) is 1. The molecule has 2 aromatic heterocycles. The number of amides is 1. The summed E-state index contributed by atoms with van der Waals surface area (Å²) >= 11 is 15.6. The normalized spacial score (nSPS) is 11.4. The van der Waals surface area contributed by atoms with Crippen molar-refractivity contribution >= 4 is 67.9 Å². The molecule has 1 amide bonds. The van der Waals surface area contributed by atoms with E-state index in [1.807, 2.05) is 24.3 Å². The molecule has 0 bridgehead atoms. The van der Waals surface area contributed by atoms with Gasteiger partial charge in [0.05, 0.1) is 5.02 Å². The van der Waals surface area contributed by atoms with E-state index in [4.69, 9.17) is 32.0 Å². The Kier molecular flexibility index (Phi) is 6.28. The summed E-state index contributed by atoms with van der Waals surface area (Å²) in [5.74, 6) is 1.30. The van der Waals surface area contributed by atoms with Gasteiger partial charge in [-0.15, -0.1) is 0 Å². The molecule has 0 spiro atoms. The van der Waals surface area contributed by atoms with Crippen LogP contribution >= 0.6 is 39.1 Å². The summed E-state index contributed by atoms with van der Waals surface area (Å²) in [6.45, 7) is 0. The first-order valence-corrected chi connectivity index (χ1v) is 11.7. The van der Waals surface area contributed by atoms with E-state index in [-0.39, 0.29) is 5.91 Å². The number of aromatic nitrogens is 1. The van der Waals surface area contributed by atoms with Crippen LogP contribution in [0.3, 0.4) is 0 Å². The van der Waals surface area contributed by atoms with Crippen LogP contribution in [0.15, 0.2) is 92.2 Å². The highest BCUT2D eigenvalue weighted by atomic mass is 79.9. The maximum absolute atomic E-state index is 12.4. The molecule has 5 rings (SSSR count). The molecule has 168 valence electrons. The Morgan fingerprint density at radius 2 is 1.85 bits per heavy atom. The zero-order valence-corrected chi connectivity index (χ0v) is 20.5. The molecular weight excluding hydrogens is 539 g/mol. The number of oxazole rings is 1. The smallest absolute Gasteiger partial charge is 0.248 e. The molecular formula is C26H15BrCl2N2O3. The monoisotopic (exact) mass is 552 g/mol. The molecule has 0 radical (unpaired) electrons. The Labute approximate surface area is 213 Å². The fourth-order valence-electron chi connectivity index (χ4n) is 3.37. The third kappa shape index (κ3) is 4.94. The molecule has 0 aliphatic heterocycles. The van der Waals surface area contributed by atoms with Gasteiger partial charge in [0.15, 0.2) is 5.58 Å². The highest BCUT2D eigenvalue weighted by Crippen LogP contribution is 2.32. The van der Waals surface area contributed by atoms with Crippen molar-refractivity contribution in [3.05, 3.63) is 99.2 Å². The fraction of sp³-hybridized carbons (Fsp3) is 0. The van der Waals surface area contributed by atoms with Gasteiger partial charge in [0, 0.05) is 32.4 Å². The van der Waals surface area contributed by atoms with E-state index in [0.717, 1.165) is 15.6 Å². The highest BCUT2D eigenvalue weighted by Gasteiger charge is 2.11. The van der Waals surface area contributed by atoms with Crippen LogP contribution in [0.1, 0.15) is 5.76 Å². The predicted molar refractivity (Wildman–Crippen MR) is 139 cm³/mol. The number of nitrogens with one attached hydrogen (secondary N) is 1. The molecule has 0 saturated heterocycles. The summed E-state index contributed by atoms with van der Waals surface area (Å²) in [6.07, 6.45) is 2.98. The molecule has 5 aromatic rings. The summed E-state index contributed by atoms with van der Waals surface area (Å²) in [4.78, 5) is 17.0. The van der Waals surface area contributed by atoms with Crippen molar-refractivity contribution in [3.63, 3.8) is 0 Å². The van der Waals surface area contributed by atoms with Crippen LogP contribution in [-0.2, 0) is 4.79 Å². The number of halogens is 3. The van der Waals surface area contributed by atoms with E-state index in [1.165, 1.54) is 6.08 Å². The first-order valence-electron chi connectivity index (χ1n) is 10.2. The third-order valence-corrected chi connectivity index (χ3v) is 5.99. The molecule has 0 unspecified atom stereocenters. The first-order chi connectivity index (χ1) is 16.4. The maximum atomic E-state index is 12.4. The minimum atomic E-state index is -0.308. The topological polar surface area (TPSA) is 68.3 Å². The zero-order valence-electron chi connectivity index (χ0n) is 17.4. The predicted octanol–water partition coefficient (Wildman–Crippen LogP) is 8.48. The number of hydrogen-bond acceptors (Lipinski definition) is 4. The van der Waals surface area contributed by atoms with Gasteiger partial charge in [-0.2, -0.15) is 0 Å². The van der Waals surface area contributed by atoms with Crippen LogP contribution in [0.25, 0.3) is 40.0 Å². The first kappa shape index (κ1) is 22.5. The van der Waals surface area contributed by atoms with Gasteiger partial charge in [-0.05, 0) is 72.8 Å². The third-order valence-electron chi connectivity index (χ3n) is 4.95. The van der Waals surface area contributed by atoms with Gasteiger partial charge in [0.1, 0.15) is 17.0 Å². The summed E-state index contributed by atoms with van der Waals surface area (Å²) < 4.78 is 12.6. The number of furan rings is 1. The SMILES string of the molecule is O=C(/C=C/c1ccc(-c2ccc(Cl)cc2Cl)o1)Nc1ccc2oc(-c3cccc(Br)c3)nc2c1. The van der Waals surface area contributed by atoms with Gasteiger partial charge < -0.3 is 14.2 Å². The lowest BCUT2D eigenvalue weighted by atomic mass is 10.2. The number of carbonyl (C=O) groups is 1. The Morgan fingerprint density at radius 1 is 0.971 bits per heavy atom. The summed E-state index contributed by atoms with van der Waals surface area (Å²) in [5, 5.41) is 3.86. The lowest BCUT2D eigenvalue weighted by Crippen LogP contribution is -2.07. The van der Waals surface area contributed by atoms with E-state index < -0.39 is 0 Å². The molecule has 1 N–H and O–H groups in total. The standard InChI is InChI=1S/C26H15BrCl2N2O3/c27-16-3-1-2-15(12-16)26-31-22-14-18(5-9-24(22)34-26)30-25(32)11-7-19-6-10-23(33-19)20-8-4-17(28)13-21(20)29/h1-14H,(H,30,32)/b11-7+. The number of benzene rings is 3. The summed E-state index contributed by atoms with van der Waals surface area (Å²) in [6, 6.07) is 21.7. The summed E-state index contributed by atoms with van der Waals surface area (Å²) in [5.41, 5.74) is 3.46. The minimum absolute atomic E-state index is 0.308. The van der Waals surface area contributed by atoms with Gasteiger partial charge in [0.25, 0.3) is 0 Å². The molecule has 8 heteroatoms. The maximum Gasteiger partial charge on any atom is 0.248 e. The molecule has 0 fully saturated rings. The van der Waals surface area contributed by atoms with Crippen molar-refractivity contribution in [1.29, 1.82) is 0 Å². The van der Waals surface area contributed by atoms with Crippen LogP contribution in [0, 0.1) is 0 Å². The Morgan fingerprint density at radius 3 is 2.68 bits per heavy atom. The average Bonchev–Trinajstić information content (AvgIpc) is 3.44. The van der Waals surface area contributed by atoms with Crippen molar-refractivity contribution < 1.29 is 13.6 Å². The van der Waals surface area contributed by atoms with Crippen molar-refractivity contribution in [2.24, 2.45) is 0 Å². The molecule has 0 saturated carbocycles. The lowest BCUT2D eigenvalue weighted by molar-refractivity contribution is -0.111. The summed E-state index contributed by atoms with van der Waals surface area (Å²) in [7, 11) is 0. The second-order valence-electron chi connectivity index (χ2n) is 7.36. The average molecular weight is 554 g/mol. The number of fused-ring (bicyclic) bond motifs is 1. The van der Waals surface area contributed by atoms with Gasteiger partial charge >= 0.3 is 0 Å². The molecule has 0 atom stereocenters. The van der Waals surface area contributed by atoms with Crippen LogP contribution in [0.5, 0.6) is 0 Å². The van der Waals surface area contributed by atoms with E-state index in [9.17, 15) is 4.79 Å². The van der Waals surface area contributed by atoms with Crippen LogP contribution in [0.2, 0.25) is 10.0 Å². The van der Waals surface area contributed by atoms with Gasteiger partial charge in [-0.3, -0.25) is 4.79 Å². The van der Waals surface area contributed by atoms with Crippen LogP contribution in [-0.4, -0.2) is 10.9 Å². The molecule has 2 heterocycles. The molecule has 5 nitrogen and oxygen atoms in total. The number of carbonyl (C=O) groups excluding carboxylic acids is 1. The minimum Gasteiger partial charge on any atom is -0.457 e. The number of nitrogens with zero attached hydrogens (tertiary/aromatic N) is 1. The van der Waals surface area contributed by atoms with Crippen molar-refractivity contribution in [2.45, 2.75) is 0 Å². The second-order valence-corrected chi connectivity index (χ2v) is 9.12. The van der Waals surface area contributed by atoms with Gasteiger partial charge in [-0.1, -0.05) is 45.2 Å². The largest absolute Gasteiger partial charge is 0.457 e. The Hall–Kier alpha value is -3.32. The molecule has 3 aromatic carbocycles. The van der Waals surface area contributed by atoms with Gasteiger partial charge in [-0.25, -0.2) is 4.98 Å². The quantitative estimate of drug-likeness (QED) is 0.221.